The van der Waals surface area contributed by atoms with Crippen molar-refractivity contribution in [2.24, 2.45) is 5.92 Å². The largest absolute Gasteiger partial charge is 0.501 e. The third-order valence-corrected chi connectivity index (χ3v) is 5.29. The van der Waals surface area contributed by atoms with Gasteiger partial charge in [0.15, 0.2) is 0 Å². The van der Waals surface area contributed by atoms with E-state index in [2.05, 4.69) is 0 Å². The monoisotopic (exact) mass is 394 g/mol. The van der Waals surface area contributed by atoms with Crippen LogP contribution in [0.25, 0.3) is 0 Å². The predicted molar refractivity (Wildman–Crippen MR) is 112 cm³/mol. The SMILES string of the molecule is CC/C=C(\SC/C=C\C=C(/C)OC)C(=O)N(C=N)C1=CC(C)C(Cl)C=C1. The van der Waals surface area contributed by atoms with Crippen molar-refractivity contribution in [3.05, 3.63) is 58.9 Å². The lowest BCUT2D eigenvalue weighted by Gasteiger charge is -2.24. The number of amides is 1. The molecule has 4 nitrogen and oxygen atoms in total. The average molecular weight is 395 g/mol. The quantitative estimate of drug-likeness (QED) is 0.145. The molecule has 0 aromatic rings. The van der Waals surface area contributed by atoms with Gasteiger partial charge < -0.3 is 4.74 Å². The van der Waals surface area contributed by atoms with Gasteiger partial charge in [0.25, 0.3) is 5.91 Å². The van der Waals surface area contributed by atoms with E-state index in [0.29, 0.717) is 16.4 Å². The number of carbonyl (C=O) groups is 1. The molecule has 0 heterocycles. The lowest BCUT2D eigenvalue weighted by atomic mass is 10.0. The molecule has 1 aliphatic carbocycles. The number of nitrogens with one attached hydrogen (secondary N) is 1. The van der Waals surface area contributed by atoms with Gasteiger partial charge in [-0.25, -0.2) is 0 Å². The van der Waals surface area contributed by atoms with Crippen molar-refractivity contribution in [2.75, 3.05) is 12.9 Å². The van der Waals surface area contributed by atoms with Crippen LogP contribution in [0.2, 0.25) is 0 Å². The second kappa shape index (κ2) is 11.8. The van der Waals surface area contributed by atoms with E-state index in [0.717, 1.165) is 18.5 Å². The Hall–Kier alpha value is -1.72. The number of hydrogen-bond acceptors (Lipinski definition) is 4. The topological polar surface area (TPSA) is 53.4 Å². The van der Waals surface area contributed by atoms with Crippen molar-refractivity contribution in [2.45, 2.75) is 32.6 Å². The van der Waals surface area contributed by atoms with Crippen LogP contribution in [0.15, 0.2) is 58.9 Å². The maximum Gasteiger partial charge on any atom is 0.269 e. The Kier molecular flexibility index (Phi) is 10.1. The molecule has 0 bridgehead atoms. The highest BCUT2D eigenvalue weighted by Crippen LogP contribution is 2.26. The zero-order chi connectivity index (χ0) is 19.5. The first-order chi connectivity index (χ1) is 12.4. The highest BCUT2D eigenvalue weighted by Gasteiger charge is 2.23. The van der Waals surface area contributed by atoms with Crippen LogP contribution in [0.5, 0.6) is 0 Å². The smallest absolute Gasteiger partial charge is 0.269 e. The third-order valence-electron chi connectivity index (χ3n) is 3.74. The summed E-state index contributed by atoms with van der Waals surface area (Å²) in [5, 5.41) is 7.59. The van der Waals surface area contributed by atoms with Gasteiger partial charge in [0.2, 0.25) is 0 Å². The molecule has 0 aromatic carbocycles. The number of halogens is 1. The summed E-state index contributed by atoms with van der Waals surface area (Å²) in [6.07, 6.45) is 15.0. The van der Waals surface area contributed by atoms with Crippen LogP contribution < -0.4 is 0 Å². The minimum atomic E-state index is -0.194. The van der Waals surface area contributed by atoms with E-state index in [4.69, 9.17) is 21.7 Å². The van der Waals surface area contributed by atoms with Gasteiger partial charge in [0.1, 0.15) is 0 Å². The number of carbonyl (C=O) groups excluding carboxylic acids is 1. The maximum absolute atomic E-state index is 12.9. The highest BCUT2D eigenvalue weighted by molar-refractivity contribution is 8.04. The fourth-order valence-corrected chi connectivity index (χ4v) is 3.21. The van der Waals surface area contributed by atoms with Crippen LogP contribution in [-0.4, -0.2) is 35.4 Å². The Morgan fingerprint density at radius 2 is 2.23 bits per heavy atom. The normalized spacial score (nSPS) is 20.9. The molecule has 0 aliphatic heterocycles. The Labute approximate surface area is 165 Å². The number of allylic oxidation sites excluding steroid dienone is 7. The van der Waals surface area contributed by atoms with Crippen LogP contribution >= 0.6 is 23.4 Å². The number of nitrogens with zero attached hydrogens (tertiary/aromatic N) is 1. The molecule has 26 heavy (non-hydrogen) atoms. The van der Waals surface area contributed by atoms with Crippen molar-refractivity contribution in [1.82, 2.24) is 4.90 Å². The molecule has 0 aromatic heterocycles. The zero-order valence-electron chi connectivity index (χ0n) is 15.7. The average Bonchev–Trinajstić information content (AvgIpc) is 2.63. The van der Waals surface area contributed by atoms with Gasteiger partial charge in [0, 0.05) is 11.4 Å². The minimum Gasteiger partial charge on any atom is -0.501 e. The molecule has 0 spiro atoms. The van der Waals surface area contributed by atoms with Crippen LogP contribution in [0.1, 0.15) is 27.2 Å². The van der Waals surface area contributed by atoms with Crippen LogP contribution in [0.4, 0.5) is 0 Å². The maximum atomic E-state index is 12.9. The summed E-state index contributed by atoms with van der Waals surface area (Å²) in [6.45, 7) is 5.86. The van der Waals surface area contributed by atoms with E-state index in [1.54, 1.807) is 13.2 Å². The molecule has 1 rings (SSSR count). The second-order valence-electron chi connectivity index (χ2n) is 5.76. The van der Waals surface area contributed by atoms with Crippen molar-refractivity contribution in [1.29, 1.82) is 5.41 Å². The van der Waals surface area contributed by atoms with Crippen molar-refractivity contribution in [3.63, 3.8) is 0 Å². The van der Waals surface area contributed by atoms with Crippen molar-refractivity contribution >= 4 is 35.6 Å². The highest BCUT2D eigenvalue weighted by atomic mass is 35.5. The number of ether oxygens (including phenoxy) is 1. The summed E-state index contributed by atoms with van der Waals surface area (Å²) >= 11 is 7.63. The van der Waals surface area contributed by atoms with E-state index >= 15 is 0 Å². The van der Waals surface area contributed by atoms with E-state index in [9.17, 15) is 4.79 Å². The van der Waals surface area contributed by atoms with Gasteiger partial charge in [-0.05, 0) is 31.4 Å². The van der Waals surface area contributed by atoms with E-state index in [-0.39, 0.29) is 17.2 Å². The molecule has 1 amide bonds. The Bertz CT molecular complexity index is 650. The first-order valence-corrected chi connectivity index (χ1v) is 9.95. The molecule has 0 fully saturated rings. The molecule has 142 valence electrons. The summed E-state index contributed by atoms with van der Waals surface area (Å²) in [4.78, 5) is 14.9. The van der Waals surface area contributed by atoms with Gasteiger partial charge in [0.05, 0.1) is 29.5 Å². The third kappa shape index (κ3) is 6.89. The van der Waals surface area contributed by atoms with Crippen molar-refractivity contribution in [3.8, 4) is 0 Å². The summed E-state index contributed by atoms with van der Waals surface area (Å²) < 4.78 is 5.07. The van der Waals surface area contributed by atoms with Crippen LogP contribution in [0.3, 0.4) is 0 Å². The standard InChI is InChI=1S/C20H27ClN2O2S/c1-5-8-19(26-12-7-6-9-16(3)25-4)20(24)23(14-22)17-10-11-18(21)15(2)13-17/h6-11,13-15,18,22H,5,12H2,1-4H3/b7-6-,16-9+,19-8-,22-14?. The summed E-state index contributed by atoms with van der Waals surface area (Å²) in [5.74, 6) is 1.40. The van der Waals surface area contributed by atoms with Crippen LogP contribution in [-0.2, 0) is 9.53 Å². The molecule has 0 radical (unpaired) electrons. The predicted octanol–water partition coefficient (Wildman–Crippen LogP) is 5.25. The molecule has 2 unspecified atom stereocenters. The van der Waals surface area contributed by atoms with Gasteiger partial charge >= 0.3 is 0 Å². The first kappa shape index (κ1) is 22.3. The number of rotatable bonds is 9. The Morgan fingerprint density at radius 1 is 1.50 bits per heavy atom. The van der Waals surface area contributed by atoms with E-state index < -0.39 is 0 Å². The van der Waals surface area contributed by atoms with Gasteiger partial charge in [-0.15, -0.1) is 23.4 Å². The molecule has 2 atom stereocenters. The Morgan fingerprint density at radius 3 is 2.81 bits per heavy atom. The molecule has 1 N–H and O–H groups in total. The van der Waals surface area contributed by atoms with Gasteiger partial charge in [-0.3, -0.25) is 15.1 Å². The molecule has 6 heteroatoms. The number of hydrogen-bond donors (Lipinski definition) is 1. The molecular formula is C20H27ClN2O2S. The molecule has 0 saturated carbocycles. The van der Waals surface area contributed by atoms with E-state index in [1.165, 1.54) is 16.7 Å². The summed E-state index contributed by atoms with van der Waals surface area (Å²) in [5.41, 5.74) is 0.686. The lowest BCUT2D eigenvalue weighted by Crippen LogP contribution is -2.30. The lowest BCUT2D eigenvalue weighted by molar-refractivity contribution is -0.121. The van der Waals surface area contributed by atoms with Gasteiger partial charge in [-0.1, -0.05) is 44.2 Å². The van der Waals surface area contributed by atoms with Crippen LogP contribution in [0, 0.1) is 11.3 Å². The number of thioether (sulfide) groups is 1. The minimum absolute atomic E-state index is 0.0878. The van der Waals surface area contributed by atoms with Crippen molar-refractivity contribution < 1.29 is 9.53 Å². The summed E-state index contributed by atoms with van der Waals surface area (Å²) in [7, 11) is 1.63. The van der Waals surface area contributed by atoms with E-state index in [1.807, 2.05) is 57.2 Å². The number of methoxy groups -OCH3 is 1. The second-order valence-corrected chi connectivity index (χ2v) is 7.32. The number of alkyl halides is 1. The molecule has 0 saturated heterocycles. The summed E-state index contributed by atoms with van der Waals surface area (Å²) in [6, 6.07) is 0. The molecule has 1 aliphatic rings. The zero-order valence-corrected chi connectivity index (χ0v) is 17.3. The Balaban J connectivity index is 2.83. The fourth-order valence-electron chi connectivity index (χ4n) is 2.17. The first-order valence-electron chi connectivity index (χ1n) is 8.53. The van der Waals surface area contributed by atoms with Gasteiger partial charge in [-0.2, -0.15) is 0 Å². The fraction of sp³-hybridized carbons (Fsp3) is 0.400. The molecular weight excluding hydrogens is 368 g/mol.